The van der Waals surface area contributed by atoms with Crippen LogP contribution >= 0.6 is 11.8 Å². The van der Waals surface area contributed by atoms with Crippen molar-refractivity contribution in [3.8, 4) is 0 Å². The summed E-state index contributed by atoms with van der Waals surface area (Å²) in [5.41, 5.74) is 7.69. The van der Waals surface area contributed by atoms with Crippen LogP contribution in [0, 0.1) is 6.92 Å². The van der Waals surface area contributed by atoms with Crippen LogP contribution in [0.3, 0.4) is 0 Å². The number of aryl methyl sites for hydroxylation is 1. The Hall–Kier alpha value is -1.53. The Balaban J connectivity index is 2.87. The van der Waals surface area contributed by atoms with Gasteiger partial charge < -0.3 is 15.7 Å². The fraction of sp³-hybridized carbons (Fsp3) is 0.467. The third-order valence-corrected chi connectivity index (χ3v) is 3.76. The highest BCUT2D eigenvalue weighted by molar-refractivity contribution is 7.98. The Labute approximate surface area is 129 Å². The molecule has 1 aromatic rings. The molecule has 0 aliphatic carbocycles. The zero-order chi connectivity index (χ0) is 15.8. The van der Waals surface area contributed by atoms with E-state index in [1.165, 1.54) is 4.90 Å². The van der Waals surface area contributed by atoms with E-state index in [0.29, 0.717) is 12.1 Å². The number of aliphatic carboxylic acids is 1. The van der Waals surface area contributed by atoms with Gasteiger partial charge in [0.05, 0.1) is 12.5 Å². The first-order valence-corrected chi connectivity index (χ1v) is 8.19. The summed E-state index contributed by atoms with van der Waals surface area (Å²) in [6.07, 6.45) is 2.43. The van der Waals surface area contributed by atoms with Crippen molar-refractivity contribution in [1.82, 2.24) is 0 Å². The number of carboxylic acid groups (broad SMARTS) is 1. The lowest BCUT2D eigenvalue weighted by molar-refractivity contribution is -0.136. The first-order valence-electron chi connectivity index (χ1n) is 6.80. The highest BCUT2D eigenvalue weighted by Gasteiger charge is 2.22. The van der Waals surface area contributed by atoms with Gasteiger partial charge in [0.25, 0.3) is 0 Å². The third-order valence-electron chi connectivity index (χ3n) is 3.11. The van der Waals surface area contributed by atoms with Gasteiger partial charge in [-0.15, -0.1) is 0 Å². The van der Waals surface area contributed by atoms with E-state index in [1.54, 1.807) is 11.8 Å². The molecule has 1 aromatic carbocycles. The van der Waals surface area contributed by atoms with Gasteiger partial charge in [0.15, 0.2) is 0 Å². The minimum atomic E-state index is -0.933. The van der Waals surface area contributed by atoms with Gasteiger partial charge in [-0.1, -0.05) is 17.7 Å². The third kappa shape index (κ3) is 5.77. The van der Waals surface area contributed by atoms with Gasteiger partial charge in [-0.3, -0.25) is 9.59 Å². The zero-order valence-corrected chi connectivity index (χ0v) is 13.2. The standard InChI is InChI=1S/C15H22N2O3S/c1-11-3-5-12(6-4-11)17(9-7-14(18)19)15(20)13(16)8-10-21-2/h3-6,13H,7-10,16H2,1-2H3,(H,18,19)/t13-/m1/s1. The summed E-state index contributed by atoms with van der Waals surface area (Å²) in [6, 6.07) is 6.81. The van der Waals surface area contributed by atoms with Gasteiger partial charge in [-0.05, 0) is 37.5 Å². The fourth-order valence-corrected chi connectivity index (χ4v) is 2.36. The van der Waals surface area contributed by atoms with Crippen molar-refractivity contribution < 1.29 is 14.7 Å². The number of thioether (sulfide) groups is 1. The van der Waals surface area contributed by atoms with Gasteiger partial charge in [0, 0.05) is 12.2 Å². The van der Waals surface area contributed by atoms with Gasteiger partial charge in [-0.25, -0.2) is 0 Å². The molecule has 0 aliphatic rings. The number of benzene rings is 1. The normalized spacial score (nSPS) is 12.0. The second-order valence-corrected chi connectivity index (χ2v) is 5.84. The molecular weight excluding hydrogens is 288 g/mol. The molecule has 0 fully saturated rings. The van der Waals surface area contributed by atoms with Crippen LogP contribution in [0.2, 0.25) is 0 Å². The molecule has 1 amide bonds. The molecule has 1 atom stereocenters. The molecule has 1 rings (SSSR count). The monoisotopic (exact) mass is 310 g/mol. The maximum absolute atomic E-state index is 12.4. The van der Waals surface area contributed by atoms with Gasteiger partial charge in [-0.2, -0.15) is 11.8 Å². The number of nitrogens with zero attached hydrogens (tertiary/aromatic N) is 1. The number of hydrogen-bond donors (Lipinski definition) is 2. The predicted molar refractivity (Wildman–Crippen MR) is 86.8 cm³/mol. The second-order valence-electron chi connectivity index (χ2n) is 4.86. The summed E-state index contributed by atoms with van der Waals surface area (Å²) >= 11 is 1.63. The summed E-state index contributed by atoms with van der Waals surface area (Å²) in [5.74, 6) is -0.361. The van der Waals surface area contributed by atoms with Crippen molar-refractivity contribution in [1.29, 1.82) is 0 Å². The Morgan fingerprint density at radius 2 is 1.95 bits per heavy atom. The lowest BCUT2D eigenvalue weighted by Crippen LogP contribution is -2.45. The van der Waals surface area contributed by atoms with Crippen molar-refractivity contribution in [3.63, 3.8) is 0 Å². The number of amides is 1. The lowest BCUT2D eigenvalue weighted by Gasteiger charge is -2.25. The molecule has 0 radical (unpaired) electrons. The van der Waals surface area contributed by atoms with Gasteiger partial charge in [0.1, 0.15) is 0 Å². The van der Waals surface area contributed by atoms with Crippen LogP contribution in [0.1, 0.15) is 18.4 Å². The number of carbonyl (C=O) groups is 2. The number of anilines is 1. The SMILES string of the molecule is CSCC[C@@H](N)C(=O)N(CCC(=O)O)c1ccc(C)cc1. The number of hydrogen-bond acceptors (Lipinski definition) is 4. The van der Waals surface area contributed by atoms with Gasteiger partial charge in [0.2, 0.25) is 5.91 Å². The molecule has 0 saturated carbocycles. The Morgan fingerprint density at radius 3 is 2.48 bits per heavy atom. The van der Waals surface area contributed by atoms with E-state index in [9.17, 15) is 9.59 Å². The number of rotatable bonds is 8. The van der Waals surface area contributed by atoms with Crippen molar-refractivity contribution >= 4 is 29.3 Å². The molecule has 0 saturated heterocycles. The molecule has 0 unspecified atom stereocenters. The Bertz CT molecular complexity index is 476. The molecule has 0 spiro atoms. The average molecular weight is 310 g/mol. The molecule has 5 nitrogen and oxygen atoms in total. The molecule has 116 valence electrons. The lowest BCUT2D eigenvalue weighted by atomic mass is 10.1. The van der Waals surface area contributed by atoms with Crippen LogP contribution in [0.5, 0.6) is 0 Å². The summed E-state index contributed by atoms with van der Waals surface area (Å²) in [5, 5.41) is 8.84. The predicted octanol–water partition coefficient (Wildman–Crippen LogP) is 1.88. The smallest absolute Gasteiger partial charge is 0.305 e. The van der Waals surface area contributed by atoms with Crippen molar-refractivity contribution in [3.05, 3.63) is 29.8 Å². The Kier molecular flexibility index (Phi) is 7.25. The first kappa shape index (κ1) is 17.5. The van der Waals surface area contributed by atoms with Crippen LogP contribution in [0.4, 0.5) is 5.69 Å². The second kappa shape index (κ2) is 8.69. The highest BCUT2D eigenvalue weighted by atomic mass is 32.2. The summed E-state index contributed by atoms with van der Waals surface area (Å²) < 4.78 is 0. The fourth-order valence-electron chi connectivity index (χ4n) is 1.87. The molecule has 0 aliphatic heterocycles. The van der Waals surface area contributed by atoms with E-state index >= 15 is 0 Å². The number of carboxylic acids is 1. The zero-order valence-electron chi connectivity index (χ0n) is 12.4. The summed E-state index contributed by atoms with van der Waals surface area (Å²) in [4.78, 5) is 24.7. The largest absolute Gasteiger partial charge is 0.481 e. The van der Waals surface area contributed by atoms with Crippen molar-refractivity contribution in [2.75, 3.05) is 23.5 Å². The summed E-state index contributed by atoms with van der Waals surface area (Å²) in [6.45, 7) is 2.08. The van der Waals surface area contributed by atoms with E-state index in [-0.39, 0.29) is 18.9 Å². The molecule has 3 N–H and O–H groups in total. The maximum Gasteiger partial charge on any atom is 0.305 e. The highest BCUT2D eigenvalue weighted by Crippen LogP contribution is 2.17. The van der Waals surface area contributed by atoms with E-state index in [2.05, 4.69) is 0 Å². The van der Waals surface area contributed by atoms with Gasteiger partial charge >= 0.3 is 5.97 Å². The van der Waals surface area contributed by atoms with E-state index in [4.69, 9.17) is 10.8 Å². The van der Waals surface area contributed by atoms with E-state index in [0.717, 1.165) is 11.3 Å². The van der Waals surface area contributed by atoms with Crippen LogP contribution < -0.4 is 10.6 Å². The van der Waals surface area contributed by atoms with E-state index < -0.39 is 12.0 Å². The van der Waals surface area contributed by atoms with Crippen molar-refractivity contribution in [2.45, 2.75) is 25.8 Å². The maximum atomic E-state index is 12.4. The molecule has 0 bridgehead atoms. The molecule has 0 aromatic heterocycles. The molecule has 0 heterocycles. The Morgan fingerprint density at radius 1 is 1.33 bits per heavy atom. The molecular formula is C15H22N2O3S. The molecule has 6 heteroatoms. The minimum Gasteiger partial charge on any atom is -0.481 e. The van der Waals surface area contributed by atoms with Crippen LogP contribution in [0.15, 0.2) is 24.3 Å². The topological polar surface area (TPSA) is 83.6 Å². The minimum absolute atomic E-state index is 0.102. The average Bonchev–Trinajstić information content (AvgIpc) is 2.46. The van der Waals surface area contributed by atoms with E-state index in [1.807, 2.05) is 37.4 Å². The number of nitrogens with two attached hydrogens (primary N) is 1. The molecule has 21 heavy (non-hydrogen) atoms. The number of carbonyl (C=O) groups excluding carboxylic acids is 1. The summed E-state index contributed by atoms with van der Waals surface area (Å²) in [7, 11) is 0. The van der Waals surface area contributed by atoms with Crippen molar-refractivity contribution in [2.24, 2.45) is 5.73 Å². The quantitative estimate of drug-likeness (QED) is 0.766. The van der Waals surface area contributed by atoms with Crippen LogP contribution in [-0.2, 0) is 9.59 Å². The van der Waals surface area contributed by atoms with Crippen LogP contribution in [0.25, 0.3) is 0 Å². The first-order chi connectivity index (χ1) is 9.95. The van der Waals surface area contributed by atoms with Crippen LogP contribution in [-0.4, -0.2) is 41.6 Å².